The van der Waals surface area contributed by atoms with Crippen LogP contribution in [-0.2, 0) is 22.6 Å². The van der Waals surface area contributed by atoms with Crippen LogP contribution in [0.5, 0.6) is 5.75 Å². The minimum Gasteiger partial charge on any atom is -0.496 e. The average molecular weight is 479 g/mol. The largest absolute Gasteiger partial charge is 0.496 e. The fraction of sp³-hybridized carbons (Fsp3) is 0.360. The Hall–Kier alpha value is -3.30. The van der Waals surface area contributed by atoms with Gasteiger partial charge in [-0.1, -0.05) is 29.5 Å². The molecule has 2 aliphatic heterocycles. The number of benzene rings is 1. The van der Waals surface area contributed by atoms with Gasteiger partial charge in [0.15, 0.2) is 5.13 Å². The summed E-state index contributed by atoms with van der Waals surface area (Å²) in [4.78, 5) is 37.9. The predicted octanol–water partition coefficient (Wildman–Crippen LogP) is 4.04. The summed E-state index contributed by atoms with van der Waals surface area (Å²) in [6, 6.07) is 9.48. The van der Waals surface area contributed by atoms with Crippen LogP contribution in [0.1, 0.15) is 39.5 Å². The SMILES string of the molecule is COc1ccccc1-c1cc(C)ncc1C(=O)Nc1nc2c(s1)CN(C(=O)C1CCOCC1)C2. The normalized spacial score (nSPS) is 15.8. The zero-order valence-corrected chi connectivity index (χ0v) is 20.0. The van der Waals surface area contributed by atoms with Crippen LogP contribution < -0.4 is 10.1 Å². The van der Waals surface area contributed by atoms with Gasteiger partial charge in [0.2, 0.25) is 5.91 Å². The van der Waals surface area contributed by atoms with Crippen molar-refractivity contribution in [2.45, 2.75) is 32.9 Å². The number of aromatic nitrogens is 2. The van der Waals surface area contributed by atoms with Crippen molar-refractivity contribution >= 4 is 28.3 Å². The number of rotatable bonds is 5. The molecule has 9 heteroatoms. The molecule has 1 saturated heterocycles. The van der Waals surface area contributed by atoms with E-state index in [0.717, 1.165) is 40.2 Å². The number of amides is 2. The average Bonchev–Trinajstić information content (AvgIpc) is 3.42. The maximum Gasteiger partial charge on any atom is 0.259 e. The Morgan fingerprint density at radius 3 is 2.74 bits per heavy atom. The van der Waals surface area contributed by atoms with Gasteiger partial charge in [0.05, 0.1) is 36.3 Å². The van der Waals surface area contributed by atoms with Gasteiger partial charge in [-0.05, 0) is 31.9 Å². The first-order chi connectivity index (χ1) is 16.5. The first kappa shape index (κ1) is 22.5. The van der Waals surface area contributed by atoms with Crippen LogP contribution in [0.25, 0.3) is 11.1 Å². The van der Waals surface area contributed by atoms with E-state index in [2.05, 4.69) is 15.3 Å². The van der Waals surface area contributed by atoms with Crippen molar-refractivity contribution in [1.82, 2.24) is 14.9 Å². The fourth-order valence-corrected chi connectivity index (χ4v) is 5.43. The highest BCUT2D eigenvalue weighted by molar-refractivity contribution is 7.16. The van der Waals surface area contributed by atoms with Crippen LogP contribution in [0.3, 0.4) is 0 Å². The van der Waals surface area contributed by atoms with E-state index in [-0.39, 0.29) is 17.7 Å². The van der Waals surface area contributed by atoms with Crippen molar-refractivity contribution in [3.63, 3.8) is 0 Å². The zero-order chi connectivity index (χ0) is 23.7. The highest BCUT2D eigenvalue weighted by Gasteiger charge is 2.32. The number of methoxy groups -OCH3 is 1. The van der Waals surface area contributed by atoms with Crippen molar-refractivity contribution in [1.29, 1.82) is 0 Å². The summed E-state index contributed by atoms with van der Waals surface area (Å²) >= 11 is 1.42. The number of nitrogens with zero attached hydrogens (tertiary/aromatic N) is 3. The molecule has 0 spiro atoms. The molecule has 2 aliphatic rings. The molecule has 3 aromatic rings. The van der Waals surface area contributed by atoms with Crippen LogP contribution in [0.2, 0.25) is 0 Å². The number of ether oxygens (including phenoxy) is 2. The number of para-hydroxylation sites is 1. The Bertz CT molecular complexity index is 1210. The van der Waals surface area contributed by atoms with E-state index in [4.69, 9.17) is 9.47 Å². The molecule has 1 N–H and O–H groups in total. The number of nitrogens with one attached hydrogen (secondary N) is 1. The Morgan fingerprint density at radius 2 is 1.97 bits per heavy atom. The van der Waals surface area contributed by atoms with Crippen molar-refractivity contribution in [2.75, 3.05) is 25.6 Å². The third-order valence-electron chi connectivity index (χ3n) is 6.24. The maximum absolute atomic E-state index is 13.2. The highest BCUT2D eigenvalue weighted by Crippen LogP contribution is 2.35. The Morgan fingerprint density at radius 1 is 1.18 bits per heavy atom. The first-order valence-corrected chi connectivity index (χ1v) is 12.1. The number of anilines is 1. The van der Waals surface area contributed by atoms with Crippen molar-refractivity contribution < 1.29 is 19.1 Å². The van der Waals surface area contributed by atoms with E-state index in [1.165, 1.54) is 11.3 Å². The molecule has 0 bridgehead atoms. The second-order valence-corrected chi connectivity index (χ2v) is 9.58. The molecular formula is C25H26N4O4S. The van der Waals surface area contributed by atoms with Gasteiger partial charge in [-0.2, -0.15) is 0 Å². The monoisotopic (exact) mass is 478 g/mol. The summed E-state index contributed by atoms with van der Waals surface area (Å²) in [5, 5.41) is 3.46. The van der Waals surface area contributed by atoms with Crippen LogP contribution >= 0.6 is 11.3 Å². The lowest BCUT2D eigenvalue weighted by Crippen LogP contribution is -2.35. The lowest BCUT2D eigenvalue weighted by molar-refractivity contribution is -0.139. The Balaban J connectivity index is 1.32. The van der Waals surface area contributed by atoms with E-state index in [0.29, 0.717) is 42.7 Å². The lowest BCUT2D eigenvalue weighted by atomic mass is 9.99. The van der Waals surface area contributed by atoms with E-state index >= 15 is 0 Å². The molecular weight excluding hydrogens is 452 g/mol. The zero-order valence-electron chi connectivity index (χ0n) is 19.2. The van der Waals surface area contributed by atoms with Crippen LogP contribution in [0.4, 0.5) is 5.13 Å². The van der Waals surface area contributed by atoms with Crippen molar-refractivity contribution in [3.8, 4) is 16.9 Å². The van der Waals surface area contributed by atoms with Gasteiger partial charge in [0, 0.05) is 42.1 Å². The van der Waals surface area contributed by atoms with Gasteiger partial charge in [0.1, 0.15) is 5.75 Å². The number of aryl methyl sites for hydroxylation is 1. The molecule has 0 radical (unpaired) electrons. The molecule has 0 unspecified atom stereocenters. The molecule has 34 heavy (non-hydrogen) atoms. The minimum absolute atomic E-state index is 0.0318. The molecule has 0 saturated carbocycles. The van der Waals surface area contributed by atoms with Crippen LogP contribution in [-0.4, -0.2) is 47.0 Å². The summed E-state index contributed by atoms with van der Waals surface area (Å²) < 4.78 is 10.9. The van der Waals surface area contributed by atoms with Gasteiger partial charge in [-0.15, -0.1) is 0 Å². The summed E-state index contributed by atoms with van der Waals surface area (Å²) in [5.74, 6) is 0.608. The molecule has 4 heterocycles. The molecule has 8 nitrogen and oxygen atoms in total. The van der Waals surface area contributed by atoms with E-state index < -0.39 is 0 Å². The number of carbonyl (C=O) groups excluding carboxylic acids is 2. The van der Waals surface area contributed by atoms with E-state index in [9.17, 15) is 9.59 Å². The topological polar surface area (TPSA) is 93.6 Å². The summed E-state index contributed by atoms with van der Waals surface area (Å²) in [7, 11) is 1.61. The summed E-state index contributed by atoms with van der Waals surface area (Å²) in [6.45, 7) is 4.20. The van der Waals surface area contributed by atoms with Gasteiger partial charge in [-0.25, -0.2) is 4.98 Å². The van der Waals surface area contributed by atoms with Gasteiger partial charge >= 0.3 is 0 Å². The maximum atomic E-state index is 13.2. The van der Waals surface area contributed by atoms with Crippen molar-refractivity contribution in [2.24, 2.45) is 5.92 Å². The molecule has 1 aromatic carbocycles. The minimum atomic E-state index is -0.282. The van der Waals surface area contributed by atoms with Crippen LogP contribution in [0, 0.1) is 12.8 Å². The number of fused-ring (bicyclic) bond motifs is 1. The first-order valence-electron chi connectivity index (χ1n) is 11.3. The van der Waals surface area contributed by atoms with Crippen molar-refractivity contribution in [3.05, 3.63) is 58.4 Å². The number of thiazole rings is 1. The third kappa shape index (κ3) is 4.41. The number of hydrogen-bond donors (Lipinski definition) is 1. The smallest absolute Gasteiger partial charge is 0.259 e. The molecule has 1 fully saturated rings. The number of carbonyl (C=O) groups is 2. The Labute approximate surface area is 201 Å². The van der Waals surface area contributed by atoms with Gasteiger partial charge in [-0.3, -0.25) is 19.9 Å². The van der Waals surface area contributed by atoms with E-state index in [1.807, 2.05) is 42.2 Å². The van der Waals surface area contributed by atoms with Crippen LogP contribution in [0.15, 0.2) is 36.5 Å². The third-order valence-corrected chi connectivity index (χ3v) is 7.24. The summed E-state index contributed by atoms with van der Waals surface area (Å²) in [6.07, 6.45) is 3.13. The van der Waals surface area contributed by atoms with Gasteiger partial charge < -0.3 is 14.4 Å². The molecule has 0 aliphatic carbocycles. The molecule has 5 rings (SSSR count). The molecule has 2 amide bonds. The standard InChI is InChI=1S/C25H26N4O4S/c1-15-11-18(17-5-3-4-6-21(17)32-2)19(12-26-15)23(30)28-25-27-20-13-29(14-22(20)34-25)24(31)16-7-9-33-10-8-16/h3-6,11-12,16H,7-10,13-14H2,1-2H3,(H,27,28,30). The molecule has 2 aromatic heterocycles. The Kier molecular flexibility index (Phi) is 6.30. The second kappa shape index (κ2) is 9.52. The quantitative estimate of drug-likeness (QED) is 0.595. The summed E-state index contributed by atoms with van der Waals surface area (Å²) in [5.41, 5.74) is 3.68. The molecule has 0 atom stereocenters. The predicted molar refractivity (Wildman–Crippen MR) is 129 cm³/mol. The van der Waals surface area contributed by atoms with Gasteiger partial charge in [0.25, 0.3) is 5.91 Å². The highest BCUT2D eigenvalue weighted by atomic mass is 32.1. The molecule has 176 valence electrons. The fourth-order valence-electron chi connectivity index (χ4n) is 4.45. The number of pyridine rings is 1. The second-order valence-electron chi connectivity index (χ2n) is 8.50. The lowest BCUT2D eigenvalue weighted by Gasteiger charge is -2.26. The number of hydrogen-bond acceptors (Lipinski definition) is 7. The van der Waals surface area contributed by atoms with E-state index in [1.54, 1.807) is 13.3 Å².